The maximum absolute atomic E-state index is 13.6. The molecule has 5 aromatic rings. The average Bonchev–Trinajstić information content (AvgIpc) is 3.16. The lowest BCUT2D eigenvalue weighted by atomic mass is 9.85. The smallest absolute Gasteiger partial charge is 0.344 e. The number of nitrogens with one attached hydrogen (secondary N) is 1. The summed E-state index contributed by atoms with van der Waals surface area (Å²) in [5.41, 5.74) is 0.368. The summed E-state index contributed by atoms with van der Waals surface area (Å²) in [4.78, 5) is 37.5. The van der Waals surface area contributed by atoms with Crippen molar-refractivity contribution < 1.29 is 14.4 Å². The largest absolute Gasteiger partial charge is 0.507 e. The van der Waals surface area contributed by atoms with Gasteiger partial charge in [0.2, 0.25) is 0 Å². The third-order valence-corrected chi connectivity index (χ3v) is 5.97. The molecule has 1 unspecified atom stereocenters. The van der Waals surface area contributed by atoms with Gasteiger partial charge >= 0.3 is 5.63 Å². The highest BCUT2D eigenvalue weighted by Gasteiger charge is 2.32. The lowest BCUT2D eigenvalue weighted by molar-refractivity contribution is -0.384. The summed E-state index contributed by atoms with van der Waals surface area (Å²) in [6.45, 7) is 1.69. The molecule has 2 aromatic heterocycles. The summed E-state index contributed by atoms with van der Waals surface area (Å²) < 4.78 is 6.84. The zero-order valence-corrected chi connectivity index (χ0v) is 18.5. The van der Waals surface area contributed by atoms with Gasteiger partial charge in [-0.25, -0.2) is 9.48 Å². The number of nitro benzene ring substituents is 1. The standard InChI is InChI=1S/C26H19N3O6/c1-15-21(25(31)28(27-15)17-7-3-2-4-8-17)22(16-11-13-18(14-12-16)29(33)34)23-24(30)19-9-5-6-10-20(19)35-26(23)32/h2-14,22,27,30H,1H3. The van der Waals surface area contributed by atoms with Crippen molar-refractivity contribution in [2.24, 2.45) is 0 Å². The van der Waals surface area contributed by atoms with Crippen LogP contribution in [-0.4, -0.2) is 19.8 Å². The second-order valence-corrected chi connectivity index (χ2v) is 8.06. The van der Waals surface area contributed by atoms with Crippen LogP contribution < -0.4 is 11.2 Å². The van der Waals surface area contributed by atoms with Gasteiger partial charge in [-0.1, -0.05) is 42.5 Å². The van der Waals surface area contributed by atoms with Crippen LogP contribution in [0.4, 0.5) is 5.69 Å². The van der Waals surface area contributed by atoms with E-state index in [1.807, 2.05) is 6.07 Å². The molecule has 0 radical (unpaired) electrons. The minimum Gasteiger partial charge on any atom is -0.507 e. The van der Waals surface area contributed by atoms with E-state index in [0.717, 1.165) is 0 Å². The molecule has 0 amide bonds. The molecule has 1 atom stereocenters. The van der Waals surface area contributed by atoms with Crippen LogP contribution in [0.25, 0.3) is 16.7 Å². The first-order valence-corrected chi connectivity index (χ1v) is 10.7. The Morgan fingerprint density at radius 3 is 2.29 bits per heavy atom. The van der Waals surface area contributed by atoms with Crippen LogP contribution in [0.2, 0.25) is 0 Å². The van der Waals surface area contributed by atoms with Crippen molar-refractivity contribution in [2.75, 3.05) is 0 Å². The molecule has 0 aliphatic heterocycles. The molecule has 3 aromatic carbocycles. The Bertz CT molecular complexity index is 1680. The first kappa shape index (κ1) is 21.9. The van der Waals surface area contributed by atoms with Crippen LogP contribution >= 0.6 is 0 Å². The zero-order valence-electron chi connectivity index (χ0n) is 18.5. The Morgan fingerprint density at radius 2 is 1.60 bits per heavy atom. The van der Waals surface area contributed by atoms with Crippen LogP contribution in [0.3, 0.4) is 0 Å². The Labute approximate surface area is 197 Å². The number of benzene rings is 3. The van der Waals surface area contributed by atoms with Gasteiger partial charge < -0.3 is 9.52 Å². The van der Waals surface area contributed by atoms with Gasteiger partial charge in [0.25, 0.3) is 11.2 Å². The summed E-state index contributed by atoms with van der Waals surface area (Å²) in [5, 5.41) is 25.7. The van der Waals surface area contributed by atoms with Crippen molar-refractivity contribution >= 4 is 16.7 Å². The normalized spacial score (nSPS) is 12.0. The highest BCUT2D eigenvalue weighted by atomic mass is 16.6. The summed E-state index contributed by atoms with van der Waals surface area (Å²) >= 11 is 0. The number of aryl methyl sites for hydroxylation is 1. The molecule has 174 valence electrons. The minimum absolute atomic E-state index is 0.128. The first-order valence-electron chi connectivity index (χ1n) is 10.7. The lowest BCUT2D eigenvalue weighted by Gasteiger charge is -2.18. The molecule has 0 spiro atoms. The fourth-order valence-corrected chi connectivity index (χ4v) is 4.33. The van der Waals surface area contributed by atoms with E-state index < -0.39 is 22.0 Å². The quantitative estimate of drug-likeness (QED) is 0.223. The van der Waals surface area contributed by atoms with Crippen molar-refractivity contribution in [1.29, 1.82) is 0 Å². The molecule has 2 heterocycles. The van der Waals surface area contributed by atoms with Crippen LogP contribution in [0, 0.1) is 17.0 Å². The number of hydrogen-bond donors (Lipinski definition) is 2. The maximum atomic E-state index is 13.6. The molecule has 2 N–H and O–H groups in total. The first-order chi connectivity index (χ1) is 16.9. The number of non-ortho nitro benzene ring substituents is 1. The number of H-pyrrole nitrogens is 1. The third kappa shape index (κ3) is 3.68. The van der Waals surface area contributed by atoms with Gasteiger partial charge in [-0.3, -0.25) is 20.0 Å². The van der Waals surface area contributed by atoms with Gasteiger partial charge in [0, 0.05) is 17.8 Å². The van der Waals surface area contributed by atoms with E-state index in [4.69, 9.17) is 4.42 Å². The number of rotatable bonds is 5. The van der Waals surface area contributed by atoms with Crippen molar-refractivity contribution in [3.05, 3.63) is 132 Å². The Hall–Kier alpha value is -4.92. The van der Waals surface area contributed by atoms with Crippen LogP contribution in [0.15, 0.2) is 92.9 Å². The number of aromatic nitrogens is 2. The predicted octanol–water partition coefficient (Wildman–Crippen LogP) is 4.37. The molecule has 0 aliphatic carbocycles. The molecule has 0 fully saturated rings. The van der Waals surface area contributed by atoms with E-state index >= 15 is 0 Å². The number of fused-ring (bicyclic) bond motifs is 1. The summed E-state index contributed by atoms with van der Waals surface area (Å²) in [6.07, 6.45) is 0. The molecule has 0 bridgehead atoms. The summed E-state index contributed by atoms with van der Waals surface area (Å²) in [5.74, 6) is -1.36. The van der Waals surface area contributed by atoms with E-state index in [2.05, 4.69) is 5.10 Å². The highest BCUT2D eigenvalue weighted by Crippen LogP contribution is 2.38. The Morgan fingerprint density at radius 1 is 0.943 bits per heavy atom. The summed E-state index contributed by atoms with van der Waals surface area (Å²) in [6, 6.07) is 21.0. The lowest BCUT2D eigenvalue weighted by Crippen LogP contribution is -2.23. The highest BCUT2D eigenvalue weighted by molar-refractivity contribution is 5.84. The zero-order chi connectivity index (χ0) is 24.7. The molecule has 5 rings (SSSR count). The second-order valence-electron chi connectivity index (χ2n) is 8.06. The third-order valence-electron chi connectivity index (χ3n) is 5.97. The van der Waals surface area contributed by atoms with Gasteiger partial charge in [-0.2, -0.15) is 0 Å². The molecule has 9 nitrogen and oxygen atoms in total. The molecule has 0 saturated heterocycles. The van der Waals surface area contributed by atoms with E-state index in [1.54, 1.807) is 55.5 Å². The Balaban J connectivity index is 1.82. The van der Waals surface area contributed by atoms with Crippen molar-refractivity contribution in [3.63, 3.8) is 0 Å². The number of nitrogens with zero attached hydrogens (tertiary/aromatic N) is 2. The van der Waals surface area contributed by atoms with Crippen molar-refractivity contribution in [1.82, 2.24) is 9.78 Å². The van der Waals surface area contributed by atoms with Gasteiger partial charge in [0.15, 0.2) is 0 Å². The van der Waals surface area contributed by atoms with Crippen LogP contribution in [0.1, 0.15) is 28.3 Å². The molecular formula is C26H19N3O6. The molecule has 35 heavy (non-hydrogen) atoms. The average molecular weight is 469 g/mol. The fraction of sp³-hybridized carbons (Fsp3) is 0.0769. The van der Waals surface area contributed by atoms with Gasteiger partial charge in [0.1, 0.15) is 11.3 Å². The van der Waals surface area contributed by atoms with Gasteiger partial charge in [-0.15, -0.1) is 0 Å². The molecule has 9 heteroatoms. The monoisotopic (exact) mass is 469 g/mol. The molecule has 0 aliphatic rings. The molecular weight excluding hydrogens is 450 g/mol. The van der Waals surface area contributed by atoms with Crippen LogP contribution in [-0.2, 0) is 0 Å². The van der Waals surface area contributed by atoms with E-state index in [0.29, 0.717) is 22.3 Å². The summed E-state index contributed by atoms with van der Waals surface area (Å²) in [7, 11) is 0. The topological polar surface area (TPSA) is 131 Å². The Kier molecular flexibility index (Phi) is 5.29. The number of hydrogen-bond acceptors (Lipinski definition) is 6. The van der Waals surface area contributed by atoms with E-state index in [9.17, 15) is 24.8 Å². The molecule has 0 saturated carbocycles. The fourth-order valence-electron chi connectivity index (χ4n) is 4.33. The SMILES string of the molecule is Cc1[nH]n(-c2ccccc2)c(=O)c1C(c1ccc([N+](=O)[O-])cc1)c1c(O)c2ccccc2oc1=O. The number of aromatic amines is 1. The second kappa shape index (κ2) is 8.45. The van der Waals surface area contributed by atoms with Crippen LogP contribution in [0.5, 0.6) is 5.75 Å². The van der Waals surface area contributed by atoms with E-state index in [1.165, 1.54) is 28.9 Å². The van der Waals surface area contributed by atoms with Crippen molar-refractivity contribution in [2.45, 2.75) is 12.8 Å². The van der Waals surface area contributed by atoms with Crippen molar-refractivity contribution in [3.8, 4) is 11.4 Å². The maximum Gasteiger partial charge on any atom is 0.344 e. The van der Waals surface area contributed by atoms with Gasteiger partial charge in [-0.05, 0) is 36.8 Å². The van der Waals surface area contributed by atoms with Gasteiger partial charge in [0.05, 0.1) is 33.0 Å². The number of nitro groups is 1. The number of para-hydroxylation sites is 2. The number of aromatic hydroxyl groups is 1. The minimum atomic E-state index is -1.05. The van der Waals surface area contributed by atoms with E-state index in [-0.39, 0.29) is 28.1 Å². The predicted molar refractivity (Wildman–Crippen MR) is 129 cm³/mol.